The first kappa shape index (κ1) is 16.9. The third-order valence-electron chi connectivity index (χ3n) is 5.18. The van der Waals surface area contributed by atoms with Gasteiger partial charge in [0, 0.05) is 43.1 Å². The van der Waals surface area contributed by atoms with Gasteiger partial charge in [-0.15, -0.1) is 0 Å². The van der Waals surface area contributed by atoms with Crippen LogP contribution >= 0.6 is 0 Å². The molecule has 136 valence electrons. The molecule has 0 atom stereocenters. The normalized spacial score (nSPS) is 14.4. The number of carbonyl (C=O) groups is 1. The summed E-state index contributed by atoms with van der Waals surface area (Å²) in [6.45, 7) is 1.97. The molecule has 2 aromatic carbocycles. The Hall–Kier alpha value is -2.56. The van der Waals surface area contributed by atoms with Crippen molar-refractivity contribution in [3.05, 3.63) is 58.4 Å². The number of halogens is 1. The van der Waals surface area contributed by atoms with Crippen LogP contribution < -0.4 is 9.47 Å². The standard InChI is InChI=1S/C21H22FNO3/c1-23(20(24)13-14-4-2-3-5-18(14)22)9-6-17-16-8-11-25-19(16)12-15-7-10-26-21(15)17/h2-5,12H,6-11,13H2,1H3. The van der Waals surface area contributed by atoms with Crippen LogP contribution in [0.15, 0.2) is 30.3 Å². The van der Waals surface area contributed by atoms with Crippen molar-refractivity contribution in [3.63, 3.8) is 0 Å². The van der Waals surface area contributed by atoms with Crippen LogP contribution in [0.1, 0.15) is 22.3 Å². The molecule has 26 heavy (non-hydrogen) atoms. The van der Waals surface area contributed by atoms with E-state index in [4.69, 9.17) is 9.47 Å². The Labute approximate surface area is 152 Å². The van der Waals surface area contributed by atoms with Crippen LogP contribution in [0.25, 0.3) is 0 Å². The van der Waals surface area contributed by atoms with E-state index >= 15 is 0 Å². The van der Waals surface area contributed by atoms with Crippen molar-refractivity contribution in [1.29, 1.82) is 0 Å². The molecular formula is C21H22FNO3. The molecule has 5 heteroatoms. The smallest absolute Gasteiger partial charge is 0.226 e. The van der Waals surface area contributed by atoms with Gasteiger partial charge in [0.1, 0.15) is 17.3 Å². The van der Waals surface area contributed by atoms with E-state index in [1.54, 1.807) is 30.1 Å². The summed E-state index contributed by atoms with van der Waals surface area (Å²) in [6, 6.07) is 8.52. The van der Waals surface area contributed by atoms with E-state index in [1.165, 1.54) is 17.2 Å². The molecule has 2 aliphatic heterocycles. The minimum atomic E-state index is -0.335. The number of carbonyl (C=O) groups excluding carboxylic acids is 1. The van der Waals surface area contributed by atoms with Crippen LogP contribution in [0.2, 0.25) is 0 Å². The van der Waals surface area contributed by atoms with Crippen LogP contribution in [-0.2, 0) is 30.5 Å². The highest BCUT2D eigenvalue weighted by Gasteiger charge is 2.26. The molecule has 0 unspecified atom stereocenters. The topological polar surface area (TPSA) is 38.8 Å². The quantitative estimate of drug-likeness (QED) is 0.828. The van der Waals surface area contributed by atoms with Gasteiger partial charge in [0.25, 0.3) is 0 Å². The first-order chi connectivity index (χ1) is 12.6. The first-order valence-electron chi connectivity index (χ1n) is 9.04. The summed E-state index contributed by atoms with van der Waals surface area (Å²) in [6.07, 6.45) is 2.58. The Balaban J connectivity index is 1.46. The van der Waals surface area contributed by atoms with Crippen molar-refractivity contribution < 1.29 is 18.7 Å². The summed E-state index contributed by atoms with van der Waals surface area (Å²) < 4.78 is 25.3. The highest BCUT2D eigenvalue weighted by molar-refractivity contribution is 5.78. The number of likely N-dealkylation sites (N-methyl/N-ethyl adjacent to an activating group) is 1. The molecule has 2 heterocycles. The Morgan fingerprint density at radius 2 is 2.00 bits per heavy atom. The van der Waals surface area contributed by atoms with Crippen molar-refractivity contribution in [3.8, 4) is 11.5 Å². The third-order valence-corrected chi connectivity index (χ3v) is 5.18. The average Bonchev–Trinajstić information content (AvgIpc) is 3.29. The van der Waals surface area contributed by atoms with Crippen LogP contribution in [0.4, 0.5) is 4.39 Å². The summed E-state index contributed by atoms with van der Waals surface area (Å²) in [4.78, 5) is 14.1. The predicted molar refractivity (Wildman–Crippen MR) is 96.3 cm³/mol. The van der Waals surface area contributed by atoms with Crippen molar-refractivity contribution >= 4 is 5.91 Å². The Morgan fingerprint density at radius 1 is 1.19 bits per heavy atom. The van der Waals surface area contributed by atoms with Crippen LogP contribution in [-0.4, -0.2) is 37.6 Å². The molecule has 4 nitrogen and oxygen atoms in total. The van der Waals surface area contributed by atoms with E-state index in [9.17, 15) is 9.18 Å². The molecule has 0 fully saturated rings. The molecule has 2 aliphatic rings. The summed E-state index contributed by atoms with van der Waals surface area (Å²) in [5.41, 5.74) is 4.00. The fourth-order valence-electron chi connectivity index (χ4n) is 3.69. The SMILES string of the molecule is CN(CCc1c2c(cc3c1OCC3)OCC2)C(=O)Cc1ccccc1F. The summed E-state index contributed by atoms with van der Waals surface area (Å²) in [5, 5.41) is 0. The molecule has 0 radical (unpaired) electrons. The van der Waals surface area contributed by atoms with Crippen molar-refractivity contribution in [2.24, 2.45) is 0 Å². The van der Waals surface area contributed by atoms with Gasteiger partial charge in [-0.3, -0.25) is 4.79 Å². The van der Waals surface area contributed by atoms with Gasteiger partial charge in [-0.25, -0.2) is 4.39 Å². The zero-order valence-corrected chi connectivity index (χ0v) is 14.9. The summed E-state index contributed by atoms with van der Waals surface area (Å²) in [7, 11) is 1.77. The fourth-order valence-corrected chi connectivity index (χ4v) is 3.69. The lowest BCUT2D eigenvalue weighted by Gasteiger charge is -2.19. The Kier molecular flexibility index (Phi) is 4.53. The zero-order valence-electron chi connectivity index (χ0n) is 14.9. The van der Waals surface area contributed by atoms with Crippen molar-refractivity contribution in [2.75, 3.05) is 26.8 Å². The maximum absolute atomic E-state index is 13.8. The highest BCUT2D eigenvalue weighted by Crippen LogP contribution is 2.40. The molecule has 2 aromatic rings. The number of benzene rings is 2. The molecule has 0 spiro atoms. The molecular weight excluding hydrogens is 333 g/mol. The molecule has 0 N–H and O–H groups in total. The largest absolute Gasteiger partial charge is 0.493 e. The fraction of sp³-hybridized carbons (Fsp3) is 0.381. The van der Waals surface area contributed by atoms with Gasteiger partial charge < -0.3 is 14.4 Å². The molecule has 0 saturated heterocycles. The van der Waals surface area contributed by atoms with E-state index in [0.717, 1.165) is 29.9 Å². The van der Waals surface area contributed by atoms with E-state index in [1.807, 2.05) is 0 Å². The molecule has 0 aliphatic carbocycles. The minimum Gasteiger partial charge on any atom is -0.493 e. The number of fused-ring (bicyclic) bond motifs is 2. The highest BCUT2D eigenvalue weighted by atomic mass is 19.1. The number of hydrogen-bond acceptors (Lipinski definition) is 3. The maximum Gasteiger partial charge on any atom is 0.226 e. The van der Waals surface area contributed by atoms with Gasteiger partial charge in [0.15, 0.2) is 0 Å². The number of amides is 1. The third kappa shape index (κ3) is 3.14. The molecule has 0 bridgehead atoms. The van der Waals surface area contributed by atoms with Gasteiger partial charge in [-0.05, 0) is 24.1 Å². The second-order valence-electron chi connectivity index (χ2n) is 6.85. The molecule has 4 rings (SSSR count). The van der Waals surface area contributed by atoms with E-state index in [0.29, 0.717) is 31.7 Å². The zero-order chi connectivity index (χ0) is 18.1. The number of rotatable bonds is 5. The van der Waals surface area contributed by atoms with Gasteiger partial charge >= 0.3 is 0 Å². The van der Waals surface area contributed by atoms with Crippen molar-refractivity contribution in [2.45, 2.75) is 25.7 Å². The van der Waals surface area contributed by atoms with Crippen LogP contribution in [0.3, 0.4) is 0 Å². The van der Waals surface area contributed by atoms with Crippen LogP contribution in [0.5, 0.6) is 11.5 Å². The second kappa shape index (κ2) is 6.98. The predicted octanol–water partition coefficient (Wildman–Crippen LogP) is 2.94. The van der Waals surface area contributed by atoms with E-state index < -0.39 is 0 Å². The van der Waals surface area contributed by atoms with Gasteiger partial charge in [-0.1, -0.05) is 18.2 Å². The Bertz CT molecular complexity index is 817. The number of nitrogens with zero attached hydrogens (tertiary/aromatic N) is 1. The summed E-state index contributed by atoms with van der Waals surface area (Å²) >= 11 is 0. The number of hydrogen-bond donors (Lipinski definition) is 0. The lowest BCUT2D eigenvalue weighted by molar-refractivity contribution is -0.129. The second-order valence-corrected chi connectivity index (χ2v) is 6.85. The number of ether oxygens (including phenoxy) is 2. The molecule has 0 aromatic heterocycles. The minimum absolute atomic E-state index is 0.0772. The summed E-state index contributed by atoms with van der Waals surface area (Å²) in [5.74, 6) is 1.52. The lowest BCUT2D eigenvalue weighted by atomic mass is 9.97. The van der Waals surface area contributed by atoms with Crippen LogP contribution in [0, 0.1) is 5.82 Å². The average molecular weight is 355 g/mol. The van der Waals surface area contributed by atoms with E-state index in [-0.39, 0.29) is 18.1 Å². The Morgan fingerprint density at radius 3 is 2.85 bits per heavy atom. The monoisotopic (exact) mass is 355 g/mol. The van der Waals surface area contributed by atoms with Crippen molar-refractivity contribution in [1.82, 2.24) is 4.90 Å². The molecule has 0 saturated carbocycles. The molecule has 1 amide bonds. The first-order valence-corrected chi connectivity index (χ1v) is 9.04. The van der Waals surface area contributed by atoms with Gasteiger partial charge in [0.05, 0.1) is 19.6 Å². The lowest BCUT2D eigenvalue weighted by Crippen LogP contribution is -2.30. The maximum atomic E-state index is 13.8. The van der Waals surface area contributed by atoms with Gasteiger partial charge in [-0.2, -0.15) is 0 Å². The van der Waals surface area contributed by atoms with E-state index in [2.05, 4.69) is 6.07 Å². The van der Waals surface area contributed by atoms with Gasteiger partial charge in [0.2, 0.25) is 5.91 Å².